The number of hydrogen-bond donors (Lipinski definition) is 1. The number of methoxy groups -OCH3 is 1. The molecule has 0 aliphatic carbocycles. The van der Waals surface area contributed by atoms with Crippen LogP contribution in [-0.4, -0.2) is 35.7 Å². The van der Waals surface area contributed by atoms with Gasteiger partial charge in [0.2, 0.25) is 0 Å². The molecule has 0 unspecified atom stereocenters. The van der Waals surface area contributed by atoms with Crippen LogP contribution in [0.15, 0.2) is 79.1 Å². The van der Waals surface area contributed by atoms with Crippen molar-refractivity contribution in [3.05, 3.63) is 84.7 Å². The van der Waals surface area contributed by atoms with Crippen LogP contribution in [0.5, 0.6) is 11.5 Å². The van der Waals surface area contributed by atoms with Gasteiger partial charge >= 0.3 is 0 Å². The highest BCUT2D eigenvalue weighted by Crippen LogP contribution is 2.25. The van der Waals surface area contributed by atoms with E-state index in [0.717, 1.165) is 16.7 Å². The molecule has 4 rings (SSSR count). The third-order valence-corrected chi connectivity index (χ3v) is 4.58. The molecule has 29 heavy (non-hydrogen) atoms. The Labute approximate surface area is 168 Å². The molecule has 0 aliphatic rings. The first-order valence-corrected chi connectivity index (χ1v) is 9.33. The summed E-state index contributed by atoms with van der Waals surface area (Å²) in [7, 11) is 1.60. The lowest BCUT2D eigenvalue weighted by Gasteiger charge is -2.11. The second kappa shape index (κ2) is 8.48. The topological polar surface area (TPSA) is 65.4 Å². The van der Waals surface area contributed by atoms with Crippen LogP contribution in [-0.2, 0) is 0 Å². The summed E-state index contributed by atoms with van der Waals surface area (Å²) in [6, 6.07) is 22.8. The van der Waals surface area contributed by atoms with Gasteiger partial charge in [0.15, 0.2) is 11.5 Å². The van der Waals surface area contributed by atoms with Gasteiger partial charge in [0, 0.05) is 11.3 Å². The van der Waals surface area contributed by atoms with Crippen LogP contribution in [0.2, 0.25) is 0 Å². The molecule has 0 aliphatic heterocycles. The van der Waals surface area contributed by atoms with Crippen molar-refractivity contribution < 1.29 is 14.3 Å². The van der Waals surface area contributed by atoms with Crippen molar-refractivity contribution in [1.29, 1.82) is 0 Å². The molecule has 0 saturated carbocycles. The number of rotatable bonds is 7. The smallest absolute Gasteiger partial charge is 0.251 e. The van der Waals surface area contributed by atoms with Gasteiger partial charge in [0.25, 0.3) is 5.91 Å². The monoisotopic (exact) mass is 387 g/mol. The Balaban J connectivity index is 1.35. The standard InChI is InChI=1S/C23H21N3O3/c1-28-21-8-4-5-9-22(21)29-15-14-24-23(27)17-10-12-18(13-11-17)26-16-25-19-6-2-3-7-20(19)26/h2-13,16H,14-15H2,1H3,(H,24,27). The summed E-state index contributed by atoms with van der Waals surface area (Å²) in [5, 5.41) is 2.87. The minimum Gasteiger partial charge on any atom is -0.493 e. The van der Waals surface area contributed by atoms with Crippen LogP contribution in [0.3, 0.4) is 0 Å². The SMILES string of the molecule is COc1ccccc1OCCNC(=O)c1ccc(-n2cnc3ccccc32)cc1. The number of carbonyl (C=O) groups excluding carboxylic acids is 1. The van der Waals surface area contributed by atoms with Crippen LogP contribution >= 0.6 is 0 Å². The second-order valence-electron chi connectivity index (χ2n) is 6.41. The zero-order chi connectivity index (χ0) is 20.1. The molecule has 0 bridgehead atoms. The number of hydrogen-bond acceptors (Lipinski definition) is 4. The molecular weight excluding hydrogens is 366 g/mol. The molecule has 1 N–H and O–H groups in total. The van der Waals surface area contributed by atoms with E-state index in [1.165, 1.54) is 0 Å². The largest absolute Gasteiger partial charge is 0.493 e. The summed E-state index contributed by atoms with van der Waals surface area (Å²) < 4.78 is 12.9. The van der Waals surface area contributed by atoms with Gasteiger partial charge in [-0.2, -0.15) is 0 Å². The fourth-order valence-corrected chi connectivity index (χ4v) is 3.10. The summed E-state index contributed by atoms with van der Waals surface area (Å²) in [5.41, 5.74) is 3.51. The average Bonchev–Trinajstić information content (AvgIpc) is 3.21. The molecule has 1 amide bonds. The number of carbonyl (C=O) groups is 1. The molecule has 0 saturated heterocycles. The second-order valence-corrected chi connectivity index (χ2v) is 6.41. The normalized spacial score (nSPS) is 10.7. The molecule has 6 nitrogen and oxygen atoms in total. The van der Waals surface area contributed by atoms with Gasteiger partial charge in [-0.25, -0.2) is 4.98 Å². The summed E-state index contributed by atoms with van der Waals surface area (Å²) in [5.74, 6) is 1.18. The quantitative estimate of drug-likeness (QED) is 0.489. The van der Waals surface area contributed by atoms with E-state index < -0.39 is 0 Å². The number of nitrogens with one attached hydrogen (secondary N) is 1. The lowest BCUT2D eigenvalue weighted by Crippen LogP contribution is -2.28. The molecule has 3 aromatic carbocycles. The number of benzene rings is 3. The van der Waals surface area contributed by atoms with Crippen molar-refractivity contribution in [2.24, 2.45) is 0 Å². The zero-order valence-corrected chi connectivity index (χ0v) is 16.0. The Hall–Kier alpha value is -3.80. The summed E-state index contributed by atoms with van der Waals surface area (Å²) in [6.45, 7) is 0.746. The van der Waals surface area contributed by atoms with Gasteiger partial charge in [-0.05, 0) is 48.5 Å². The van der Waals surface area contributed by atoms with Crippen molar-refractivity contribution in [2.75, 3.05) is 20.3 Å². The van der Waals surface area contributed by atoms with Crippen LogP contribution < -0.4 is 14.8 Å². The van der Waals surface area contributed by atoms with Crippen LogP contribution in [0.4, 0.5) is 0 Å². The molecule has 0 atom stereocenters. The van der Waals surface area contributed by atoms with E-state index in [2.05, 4.69) is 10.3 Å². The van der Waals surface area contributed by atoms with Gasteiger partial charge in [0.05, 0.1) is 24.7 Å². The molecule has 6 heteroatoms. The highest BCUT2D eigenvalue weighted by Gasteiger charge is 2.08. The molecule has 146 valence electrons. The van der Waals surface area contributed by atoms with E-state index >= 15 is 0 Å². The van der Waals surface area contributed by atoms with E-state index in [1.54, 1.807) is 25.6 Å². The lowest BCUT2D eigenvalue weighted by molar-refractivity contribution is 0.0947. The maximum atomic E-state index is 12.4. The van der Waals surface area contributed by atoms with Crippen molar-refractivity contribution in [2.45, 2.75) is 0 Å². The highest BCUT2D eigenvalue weighted by molar-refractivity contribution is 5.94. The molecule has 1 aromatic heterocycles. The van der Waals surface area contributed by atoms with Crippen molar-refractivity contribution in [1.82, 2.24) is 14.9 Å². The molecule has 0 spiro atoms. The molecular formula is C23H21N3O3. The minimum atomic E-state index is -0.143. The Morgan fingerprint density at radius 2 is 1.69 bits per heavy atom. The van der Waals surface area contributed by atoms with E-state index in [-0.39, 0.29) is 5.91 Å². The number of amides is 1. The van der Waals surface area contributed by atoms with Gasteiger partial charge in [0.1, 0.15) is 12.9 Å². The predicted octanol–water partition coefficient (Wildman–Crippen LogP) is 3.84. The first-order valence-electron chi connectivity index (χ1n) is 9.33. The number of imidazole rings is 1. The Morgan fingerprint density at radius 3 is 2.48 bits per heavy atom. The number of para-hydroxylation sites is 4. The predicted molar refractivity (Wildman–Crippen MR) is 112 cm³/mol. The summed E-state index contributed by atoms with van der Waals surface area (Å²) >= 11 is 0. The highest BCUT2D eigenvalue weighted by atomic mass is 16.5. The van der Waals surface area contributed by atoms with Crippen molar-refractivity contribution >= 4 is 16.9 Å². The van der Waals surface area contributed by atoms with Crippen LogP contribution in [0.1, 0.15) is 10.4 Å². The summed E-state index contributed by atoms with van der Waals surface area (Å²) in [6.07, 6.45) is 1.79. The van der Waals surface area contributed by atoms with Gasteiger partial charge < -0.3 is 14.8 Å². The van der Waals surface area contributed by atoms with Gasteiger partial charge in [-0.1, -0.05) is 24.3 Å². The first kappa shape index (κ1) is 18.6. The van der Waals surface area contributed by atoms with Gasteiger partial charge in [-0.3, -0.25) is 9.36 Å². The fraction of sp³-hybridized carbons (Fsp3) is 0.130. The first-order chi connectivity index (χ1) is 14.3. The Bertz CT molecular complexity index is 1120. The molecule has 4 aromatic rings. The van der Waals surface area contributed by atoms with Crippen molar-refractivity contribution in [3.8, 4) is 17.2 Å². The molecule has 1 heterocycles. The lowest BCUT2D eigenvalue weighted by atomic mass is 10.2. The number of aromatic nitrogens is 2. The van der Waals surface area contributed by atoms with Gasteiger partial charge in [-0.15, -0.1) is 0 Å². The van der Waals surface area contributed by atoms with E-state index in [4.69, 9.17) is 9.47 Å². The van der Waals surface area contributed by atoms with Crippen molar-refractivity contribution in [3.63, 3.8) is 0 Å². The third-order valence-electron chi connectivity index (χ3n) is 4.58. The van der Waals surface area contributed by atoms with E-state index in [9.17, 15) is 4.79 Å². The number of fused-ring (bicyclic) bond motifs is 1. The third kappa shape index (κ3) is 4.06. The number of nitrogens with zero attached hydrogens (tertiary/aromatic N) is 2. The van der Waals surface area contributed by atoms with Crippen LogP contribution in [0.25, 0.3) is 16.7 Å². The Morgan fingerprint density at radius 1 is 0.966 bits per heavy atom. The average molecular weight is 387 g/mol. The molecule has 0 fully saturated rings. The van der Waals surface area contributed by atoms with E-state index in [1.807, 2.05) is 65.2 Å². The Kier molecular flexibility index (Phi) is 5.42. The zero-order valence-electron chi connectivity index (χ0n) is 16.0. The van der Waals surface area contributed by atoms with Crippen LogP contribution in [0, 0.1) is 0 Å². The number of ether oxygens (including phenoxy) is 2. The maximum absolute atomic E-state index is 12.4. The fourth-order valence-electron chi connectivity index (χ4n) is 3.10. The molecule has 0 radical (unpaired) electrons. The summed E-state index contributed by atoms with van der Waals surface area (Å²) in [4.78, 5) is 16.8. The minimum absolute atomic E-state index is 0.143. The maximum Gasteiger partial charge on any atom is 0.251 e. The van der Waals surface area contributed by atoms with E-state index in [0.29, 0.717) is 30.2 Å².